The molecular weight excluding hydrogens is 346 g/mol. The lowest BCUT2D eigenvalue weighted by Gasteiger charge is -2.23. The minimum absolute atomic E-state index is 0.0326. The SMILES string of the molecule is Sc1nc(Nc2ccc(Cl)cc2)c2ncn(C3CCCCO3)c2n1. The Kier molecular flexibility index (Phi) is 4.30. The van der Waals surface area contributed by atoms with Crippen molar-refractivity contribution in [2.75, 3.05) is 11.9 Å². The second-order valence-corrected chi connectivity index (χ2v) is 6.49. The van der Waals surface area contributed by atoms with Gasteiger partial charge in [-0.3, -0.25) is 4.57 Å². The van der Waals surface area contributed by atoms with E-state index < -0.39 is 0 Å². The van der Waals surface area contributed by atoms with Gasteiger partial charge in [-0.05, 0) is 43.5 Å². The molecule has 1 aromatic carbocycles. The van der Waals surface area contributed by atoms with E-state index in [4.69, 9.17) is 16.3 Å². The van der Waals surface area contributed by atoms with Crippen LogP contribution in [-0.2, 0) is 4.74 Å². The van der Waals surface area contributed by atoms with Crippen LogP contribution in [0.5, 0.6) is 0 Å². The number of imidazole rings is 1. The molecule has 0 spiro atoms. The van der Waals surface area contributed by atoms with Crippen molar-refractivity contribution in [3.8, 4) is 0 Å². The minimum atomic E-state index is -0.0326. The molecule has 1 aliphatic heterocycles. The molecule has 4 rings (SSSR count). The molecule has 2 aromatic heterocycles. The van der Waals surface area contributed by atoms with Gasteiger partial charge in [-0.1, -0.05) is 11.6 Å². The van der Waals surface area contributed by atoms with Gasteiger partial charge in [0.25, 0.3) is 0 Å². The Morgan fingerprint density at radius 1 is 1.21 bits per heavy atom. The van der Waals surface area contributed by atoms with Crippen molar-refractivity contribution in [1.82, 2.24) is 19.5 Å². The summed E-state index contributed by atoms with van der Waals surface area (Å²) in [7, 11) is 0. The Morgan fingerprint density at radius 2 is 2.04 bits per heavy atom. The van der Waals surface area contributed by atoms with Gasteiger partial charge in [0.15, 0.2) is 22.1 Å². The number of hydrogen-bond donors (Lipinski definition) is 2. The van der Waals surface area contributed by atoms with Crippen molar-refractivity contribution in [3.05, 3.63) is 35.6 Å². The van der Waals surface area contributed by atoms with Gasteiger partial charge >= 0.3 is 0 Å². The lowest BCUT2D eigenvalue weighted by atomic mass is 10.2. The molecule has 1 aliphatic rings. The van der Waals surface area contributed by atoms with Crippen LogP contribution >= 0.6 is 24.2 Å². The van der Waals surface area contributed by atoms with E-state index in [-0.39, 0.29) is 6.23 Å². The molecule has 124 valence electrons. The summed E-state index contributed by atoms with van der Waals surface area (Å²) in [6.45, 7) is 0.763. The van der Waals surface area contributed by atoms with Gasteiger partial charge in [0, 0.05) is 17.3 Å². The van der Waals surface area contributed by atoms with E-state index in [0.29, 0.717) is 21.5 Å². The number of nitrogens with zero attached hydrogens (tertiary/aromatic N) is 4. The van der Waals surface area contributed by atoms with Crippen LogP contribution in [0.2, 0.25) is 5.02 Å². The maximum Gasteiger partial charge on any atom is 0.188 e. The first-order valence-corrected chi connectivity index (χ1v) is 8.61. The summed E-state index contributed by atoms with van der Waals surface area (Å²) >= 11 is 10.3. The van der Waals surface area contributed by atoms with E-state index in [2.05, 4.69) is 32.9 Å². The van der Waals surface area contributed by atoms with Gasteiger partial charge in [-0.15, -0.1) is 12.6 Å². The average molecular weight is 362 g/mol. The minimum Gasteiger partial charge on any atom is -0.358 e. The Balaban J connectivity index is 1.73. The van der Waals surface area contributed by atoms with E-state index >= 15 is 0 Å². The first-order chi connectivity index (χ1) is 11.7. The molecule has 24 heavy (non-hydrogen) atoms. The standard InChI is InChI=1S/C16H16ClN5OS/c17-10-4-6-11(7-5-10)19-14-13-15(21-16(24)20-14)22(9-18-13)12-3-1-2-8-23-12/h4-7,9,12H,1-3,8H2,(H2,19,20,21,24). The monoisotopic (exact) mass is 361 g/mol. The van der Waals surface area contributed by atoms with Crippen molar-refractivity contribution in [2.24, 2.45) is 0 Å². The third kappa shape index (κ3) is 3.07. The lowest BCUT2D eigenvalue weighted by molar-refractivity contribution is -0.0298. The van der Waals surface area contributed by atoms with Crippen LogP contribution in [-0.4, -0.2) is 26.1 Å². The van der Waals surface area contributed by atoms with Crippen LogP contribution < -0.4 is 5.32 Å². The average Bonchev–Trinajstić information content (AvgIpc) is 3.01. The zero-order valence-electron chi connectivity index (χ0n) is 12.8. The van der Waals surface area contributed by atoms with Crippen molar-refractivity contribution in [1.29, 1.82) is 0 Å². The van der Waals surface area contributed by atoms with Crippen LogP contribution in [0.1, 0.15) is 25.5 Å². The molecule has 1 atom stereocenters. The van der Waals surface area contributed by atoms with Crippen molar-refractivity contribution < 1.29 is 4.74 Å². The largest absolute Gasteiger partial charge is 0.358 e. The summed E-state index contributed by atoms with van der Waals surface area (Å²) in [5.41, 5.74) is 2.28. The van der Waals surface area contributed by atoms with E-state index in [0.717, 1.165) is 37.2 Å². The number of nitrogens with one attached hydrogen (secondary N) is 1. The molecule has 1 unspecified atom stereocenters. The van der Waals surface area contributed by atoms with Crippen LogP contribution in [0.4, 0.5) is 11.5 Å². The molecular formula is C16H16ClN5OS. The first kappa shape index (κ1) is 15.7. The smallest absolute Gasteiger partial charge is 0.188 e. The van der Waals surface area contributed by atoms with Crippen LogP contribution in [0.15, 0.2) is 35.7 Å². The summed E-state index contributed by atoms with van der Waals surface area (Å²) in [6.07, 6.45) is 4.92. The van der Waals surface area contributed by atoms with Crippen LogP contribution in [0.3, 0.4) is 0 Å². The number of rotatable bonds is 3. The molecule has 0 amide bonds. The summed E-state index contributed by atoms with van der Waals surface area (Å²) in [4.78, 5) is 13.3. The highest BCUT2D eigenvalue weighted by Crippen LogP contribution is 2.29. The summed E-state index contributed by atoms with van der Waals surface area (Å²) in [6, 6.07) is 7.40. The molecule has 6 nitrogen and oxygen atoms in total. The van der Waals surface area contributed by atoms with Crippen LogP contribution in [0.25, 0.3) is 11.2 Å². The van der Waals surface area contributed by atoms with Gasteiger partial charge in [-0.25, -0.2) is 15.0 Å². The van der Waals surface area contributed by atoms with Crippen LogP contribution in [0, 0.1) is 0 Å². The molecule has 0 saturated carbocycles. The van der Waals surface area contributed by atoms with Crippen molar-refractivity contribution in [3.63, 3.8) is 0 Å². The first-order valence-electron chi connectivity index (χ1n) is 7.78. The van der Waals surface area contributed by atoms with Gasteiger partial charge in [0.05, 0.1) is 6.33 Å². The highest BCUT2D eigenvalue weighted by atomic mass is 35.5. The number of thiol groups is 1. The number of hydrogen-bond acceptors (Lipinski definition) is 6. The van der Waals surface area contributed by atoms with Crippen molar-refractivity contribution in [2.45, 2.75) is 30.6 Å². The maximum atomic E-state index is 5.93. The molecule has 0 radical (unpaired) electrons. The van der Waals surface area contributed by atoms with E-state index in [1.54, 1.807) is 6.33 Å². The van der Waals surface area contributed by atoms with Gasteiger partial charge in [-0.2, -0.15) is 0 Å². The number of fused-ring (bicyclic) bond motifs is 1. The number of anilines is 2. The highest BCUT2D eigenvalue weighted by molar-refractivity contribution is 7.80. The molecule has 0 bridgehead atoms. The predicted molar refractivity (Wildman–Crippen MR) is 96.1 cm³/mol. The Morgan fingerprint density at radius 3 is 2.79 bits per heavy atom. The van der Waals surface area contributed by atoms with Crippen molar-refractivity contribution >= 4 is 46.9 Å². The normalized spacial score (nSPS) is 18.0. The second-order valence-electron chi connectivity index (χ2n) is 5.65. The van der Waals surface area contributed by atoms with Gasteiger partial charge in [0.2, 0.25) is 0 Å². The number of aromatic nitrogens is 4. The molecule has 3 aromatic rings. The topological polar surface area (TPSA) is 64.9 Å². The summed E-state index contributed by atoms with van der Waals surface area (Å²) < 4.78 is 7.81. The summed E-state index contributed by atoms with van der Waals surface area (Å²) in [5, 5.41) is 4.32. The number of halogens is 1. The molecule has 0 aliphatic carbocycles. The third-order valence-corrected chi connectivity index (χ3v) is 4.43. The van der Waals surface area contributed by atoms with E-state index in [1.165, 1.54) is 0 Å². The third-order valence-electron chi connectivity index (χ3n) is 3.98. The Labute approximate surface area is 149 Å². The fourth-order valence-corrected chi connectivity index (χ4v) is 3.14. The molecule has 1 N–H and O–H groups in total. The zero-order chi connectivity index (χ0) is 16.5. The Bertz CT molecular complexity index is 861. The lowest BCUT2D eigenvalue weighted by Crippen LogP contribution is -2.17. The Hall–Kier alpha value is -1.83. The fraction of sp³-hybridized carbons (Fsp3) is 0.312. The molecule has 8 heteroatoms. The zero-order valence-corrected chi connectivity index (χ0v) is 14.5. The number of benzene rings is 1. The predicted octanol–water partition coefficient (Wildman–Crippen LogP) is 4.21. The summed E-state index contributed by atoms with van der Waals surface area (Å²) in [5.74, 6) is 0.613. The van der Waals surface area contributed by atoms with E-state index in [1.807, 2.05) is 28.8 Å². The van der Waals surface area contributed by atoms with Gasteiger partial charge < -0.3 is 10.1 Å². The van der Waals surface area contributed by atoms with E-state index in [9.17, 15) is 0 Å². The molecule has 1 saturated heterocycles. The quantitative estimate of drug-likeness (QED) is 0.540. The molecule has 1 fully saturated rings. The highest BCUT2D eigenvalue weighted by Gasteiger charge is 2.21. The number of ether oxygens (including phenoxy) is 1. The second kappa shape index (κ2) is 6.58. The fourth-order valence-electron chi connectivity index (χ4n) is 2.82. The van der Waals surface area contributed by atoms with Gasteiger partial charge in [0.1, 0.15) is 6.23 Å². The maximum absolute atomic E-state index is 5.93. The molecule has 3 heterocycles.